The molecule has 1 rings (SSSR count). The summed E-state index contributed by atoms with van der Waals surface area (Å²) in [6.45, 7) is 8.95. The molecule has 0 heterocycles. The average Bonchev–Trinajstić information content (AvgIpc) is 2.46. The lowest BCUT2D eigenvalue weighted by molar-refractivity contribution is -0.127. The fourth-order valence-electron chi connectivity index (χ4n) is 2.00. The van der Waals surface area contributed by atoms with E-state index in [1.54, 1.807) is 13.0 Å². The molecule has 0 aliphatic heterocycles. The Labute approximate surface area is 126 Å². The van der Waals surface area contributed by atoms with Crippen molar-refractivity contribution >= 4 is 5.91 Å². The second-order valence-corrected chi connectivity index (χ2v) is 5.01. The van der Waals surface area contributed by atoms with E-state index in [0.717, 1.165) is 18.5 Å². The van der Waals surface area contributed by atoms with E-state index in [4.69, 9.17) is 4.74 Å². The predicted molar refractivity (Wildman–Crippen MR) is 81.9 cm³/mol. The van der Waals surface area contributed by atoms with Crippen molar-refractivity contribution in [2.75, 3.05) is 13.1 Å². The van der Waals surface area contributed by atoms with Crippen molar-refractivity contribution in [2.24, 2.45) is 0 Å². The van der Waals surface area contributed by atoms with Crippen LogP contribution in [0.5, 0.6) is 5.75 Å². The van der Waals surface area contributed by atoms with Crippen LogP contribution in [0.15, 0.2) is 18.2 Å². The smallest absolute Gasteiger partial charge is 0.260 e. The first kappa shape index (κ1) is 17.4. The molecule has 2 unspecified atom stereocenters. The van der Waals surface area contributed by atoms with Crippen LogP contribution in [-0.2, 0) is 4.79 Å². The summed E-state index contributed by atoms with van der Waals surface area (Å²) in [6.07, 6.45) is 0.373. The lowest BCUT2D eigenvalue weighted by Gasteiger charge is -2.21. The molecule has 0 saturated heterocycles. The van der Waals surface area contributed by atoms with Crippen molar-refractivity contribution in [1.29, 1.82) is 0 Å². The number of nitrogens with one attached hydrogen (secondary N) is 2. The Morgan fingerprint density at radius 2 is 2.05 bits per heavy atom. The van der Waals surface area contributed by atoms with Gasteiger partial charge in [0.25, 0.3) is 5.91 Å². The van der Waals surface area contributed by atoms with Crippen LogP contribution in [-0.4, -0.2) is 25.1 Å². The molecular weight excluding hydrogens is 271 g/mol. The fourth-order valence-corrected chi connectivity index (χ4v) is 2.00. The van der Waals surface area contributed by atoms with Gasteiger partial charge >= 0.3 is 0 Å². The molecule has 5 heteroatoms. The van der Waals surface area contributed by atoms with Crippen molar-refractivity contribution < 1.29 is 13.9 Å². The largest absolute Gasteiger partial charge is 0.481 e. The number of rotatable bonds is 8. The van der Waals surface area contributed by atoms with Gasteiger partial charge in [-0.25, -0.2) is 4.39 Å². The molecule has 0 fully saturated rings. The van der Waals surface area contributed by atoms with E-state index in [1.807, 2.05) is 13.8 Å². The summed E-state index contributed by atoms with van der Waals surface area (Å²) in [5, 5.41) is 6.00. The molecule has 0 spiro atoms. The number of ether oxygens (including phenoxy) is 1. The molecule has 0 saturated carbocycles. The zero-order valence-corrected chi connectivity index (χ0v) is 13.2. The van der Waals surface area contributed by atoms with E-state index >= 15 is 0 Å². The van der Waals surface area contributed by atoms with Gasteiger partial charge in [-0.1, -0.05) is 6.92 Å². The van der Waals surface area contributed by atoms with Gasteiger partial charge in [0.2, 0.25) is 0 Å². The Kier molecular flexibility index (Phi) is 7.15. The van der Waals surface area contributed by atoms with Crippen LogP contribution in [0.4, 0.5) is 4.39 Å². The van der Waals surface area contributed by atoms with Crippen LogP contribution >= 0.6 is 0 Å². The quantitative estimate of drug-likeness (QED) is 0.775. The van der Waals surface area contributed by atoms with Crippen LogP contribution in [0.3, 0.4) is 0 Å². The number of hydrogen-bond donors (Lipinski definition) is 2. The topological polar surface area (TPSA) is 50.4 Å². The summed E-state index contributed by atoms with van der Waals surface area (Å²) >= 11 is 0. The lowest BCUT2D eigenvalue weighted by atomic mass is 10.1. The Bertz CT molecular complexity index is 466. The van der Waals surface area contributed by atoms with Gasteiger partial charge in [-0.15, -0.1) is 0 Å². The zero-order valence-electron chi connectivity index (χ0n) is 13.2. The fraction of sp³-hybridized carbons (Fsp3) is 0.562. The number of amides is 1. The van der Waals surface area contributed by atoms with Crippen LogP contribution in [0, 0.1) is 5.82 Å². The SMILES string of the molecule is CCCNC(C)c1cc(F)ccc1OC(C)C(=O)NCC. The first-order valence-electron chi connectivity index (χ1n) is 7.46. The van der Waals surface area contributed by atoms with Gasteiger partial charge in [-0.2, -0.15) is 0 Å². The van der Waals surface area contributed by atoms with Gasteiger partial charge in [-0.3, -0.25) is 4.79 Å². The maximum Gasteiger partial charge on any atom is 0.260 e. The Hall–Kier alpha value is -1.62. The standard InChI is InChI=1S/C16H25FN2O2/c1-5-9-19-11(3)14-10-13(17)7-8-15(14)21-12(4)16(20)18-6-2/h7-8,10-12,19H,5-6,9H2,1-4H3,(H,18,20). The molecular formula is C16H25FN2O2. The second-order valence-electron chi connectivity index (χ2n) is 5.01. The number of hydrogen-bond acceptors (Lipinski definition) is 3. The Balaban J connectivity index is 2.88. The minimum atomic E-state index is -0.618. The van der Waals surface area contributed by atoms with Crippen molar-refractivity contribution in [3.63, 3.8) is 0 Å². The van der Waals surface area contributed by atoms with Gasteiger partial charge in [0.1, 0.15) is 11.6 Å². The van der Waals surface area contributed by atoms with Gasteiger partial charge in [0.05, 0.1) is 0 Å². The van der Waals surface area contributed by atoms with Gasteiger partial charge in [0.15, 0.2) is 6.10 Å². The van der Waals surface area contributed by atoms with Gasteiger partial charge in [-0.05, 0) is 51.9 Å². The summed E-state index contributed by atoms with van der Waals surface area (Å²) in [5.41, 5.74) is 0.722. The van der Waals surface area contributed by atoms with E-state index in [-0.39, 0.29) is 17.8 Å². The van der Waals surface area contributed by atoms with Crippen molar-refractivity contribution in [1.82, 2.24) is 10.6 Å². The molecule has 0 aliphatic rings. The summed E-state index contributed by atoms with van der Waals surface area (Å²) in [4.78, 5) is 11.7. The normalized spacial score (nSPS) is 13.6. The van der Waals surface area contributed by atoms with E-state index in [9.17, 15) is 9.18 Å². The predicted octanol–water partition coefficient (Wildman–Crippen LogP) is 2.79. The molecule has 2 N–H and O–H groups in total. The van der Waals surface area contributed by atoms with Crippen LogP contribution in [0.25, 0.3) is 0 Å². The zero-order chi connectivity index (χ0) is 15.8. The summed E-state index contributed by atoms with van der Waals surface area (Å²) in [5.74, 6) is 0.0429. The van der Waals surface area contributed by atoms with Crippen molar-refractivity contribution in [2.45, 2.75) is 46.3 Å². The Morgan fingerprint density at radius 3 is 2.67 bits per heavy atom. The van der Waals surface area contributed by atoms with E-state index in [1.165, 1.54) is 12.1 Å². The average molecular weight is 296 g/mol. The van der Waals surface area contributed by atoms with Crippen LogP contribution < -0.4 is 15.4 Å². The minimum Gasteiger partial charge on any atom is -0.481 e. The number of carbonyl (C=O) groups excluding carboxylic acids is 1. The highest BCUT2D eigenvalue weighted by Crippen LogP contribution is 2.27. The first-order valence-corrected chi connectivity index (χ1v) is 7.46. The molecule has 2 atom stereocenters. The molecule has 4 nitrogen and oxygen atoms in total. The summed E-state index contributed by atoms with van der Waals surface area (Å²) in [7, 11) is 0. The number of benzene rings is 1. The number of halogens is 1. The molecule has 1 amide bonds. The van der Waals surface area contributed by atoms with E-state index in [0.29, 0.717) is 12.3 Å². The molecule has 1 aromatic rings. The third-order valence-electron chi connectivity index (χ3n) is 3.16. The highest BCUT2D eigenvalue weighted by molar-refractivity contribution is 5.80. The monoisotopic (exact) mass is 296 g/mol. The summed E-state index contributed by atoms with van der Waals surface area (Å²) < 4.78 is 19.2. The molecule has 118 valence electrons. The van der Waals surface area contributed by atoms with E-state index < -0.39 is 6.10 Å². The first-order chi connectivity index (χ1) is 9.99. The highest BCUT2D eigenvalue weighted by atomic mass is 19.1. The molecule has 0 radical (unpaired) electrons. The highest BCUT2D eigenvalue weighted by Gasteiger charge is 2.18. The van der Waals surface area contributed by atoms with Crippen LogP contribution in [0.1, 0.15) is 45.7 Å². The molecule has 0 aromatic heterocycles. The number of carbonyl (C=O) groups is 1. The maximum atomic E-state index is 13.5. The van der Waals surface area contributed by atoms with Crippen molar-refractivity contribution in [3.05, 3.63) is 29.6 Å². The minimum absolute atomic E-state index is 0.0444. The van der Waals surface area contributed by atoms with E-state index in [2.05, 4.69) is 17.6 Å². The molecule has 1 aromatic carbocycles. The molecule has 0 bridgehead atoms. The van der Waals surface area contributed by atoms with Crippen molar-refractivity contribution in [3.8, 4) is 5.75 Å². The summed E-state index contributed by atoms with van der Waals surface area (Å²) in [6, 6.07) is 4.32. The maximum absolute atomic E-state index is 13.5. The number of likely N-dealkylation sites (N-methyl/N-ethyl adjacent to an activating group) is 1. The van der Waals surface area contributed by atoms with Gasteiger partial charge < -0.3 is 15.4 Å². The van der Waals surface area contributed by atoms with Gasteiger partial charge in [0, 0.05) is 18.2 Å². The third kappa shape index (κ3) is 5.34. The van der Waals surface area contributed by atoms with Crippen LogP contribution in [0.2, 0.25) is 0 Å². The molecule has 21 heavy (non-hydrogen) atoms. The Morgan fingerprint density at radius 1 is 1.33 bits per heavy atom. The second kappa shape index (κ2) is 8.62. The lowest BCUT2D eigenvalue weighted by Crippen LogP contribution is -2.36. The molecule has 0 aliphatic carbocycles. The third-order valence-corrected chi connectivity index (χ3v) is 3.16.